The second kappa shape index (κ2) is 8.41. The van der Waals surface area contributed by atoms with Gasteiger partial charge in [-0.25, -0.2) is 13.6 Å². The average Bonchev–Trinajstić information content (AvgIpc) is 2.93. The first kappa shape index (κ1) is 20.0. The van der Waals surface area contributed by atoms with E-state index >= 15 is 0 Å². The lowest BCUT2D eigenvalue weighted by Crippen LogP contribution is -2.43. The van der Waals surface area contributed by atoms with Gasteiger partial charge in [-0.05, 0) is 32.9 Å². The Labute approximate surface area is 157 Å². The maximum atomic E-state index is 13.5. The molecule has 0 fully saturated rings. The van der Waals surface area contributed by atoms with Crippen molar-refractivity contribution in [3.8, 4) is 0 Å². The van der Waals surface area contributed by atoms with Gasteiger partial charge in [-0.1, -0.05) is 23.1 Å². The van der Waals surface area contributed by atoms with Gasteiger partial charge >= 0.3 is 6.03 Å². The van der Waals surface area contributed by atoms with Crippen LogP contribution in [0.3, 0.4) is 0 Å². The van der Waals surface area contributed by atoms with Crippen molar-refractivity contribution in [2.24, 2.45) is 0 Å². The topological polar surface area (TPSA) is 96.0 Å². The molecule has 3 amide bonds. The number of halogens is 2. The van der Waals surface area contributed by atoms with Crippen molar-refractivity contribution in [1.82, 2.24) is 15.5 Å². The van der Waals surface area contributed by atoms with E-state index in [-0.39, 0.29) is 17.0 Å². The Morgan fingerprint density at radius 2 is 1.92 bits per heavy atom. The van der Waals surface area contributed by atoms with E-state index in [0.717, 1.165) is 35.2 Å². The van der Waals surface area contributed by atoms with Crippen molar-refractivity contribution in [3.63, 3.8) is 0 Å². The minimum Gasteiger partial charge on any atom is -0.333 e. The van der Waals surface area contributed by atoms with Crippen LogP contribution >= 0.6 is 23.1 Å². The molecule has 11 heteroatoms. The maximum Gasteiger partial charge on any atom is 0.321 e. The minimum atomic E-state index is -0.851. The molecule has 0 unspecified atom stereocenters. The molecule has 0 spiro atoms. The van der Waals surface area contributed by atoms with E-state index in [2.05, 4.69) is 26.1 Å². The van der Waals surface area contributed by atoms with E-state index in [1.807, 2.05) is 20.8 Å². The molecule has 2 rings (SSSR count). The number of amides is 3. The Hall–Kier alpha value is -2.27. The number of nitrogens with zero attached hydrogens (tertiary/aromatic N) is 2. The highest BCUT2D eigenvalue weighted by atomic mass is 32.2. The molecule has 0 aliphatic rings. The zero-order chi connectivity index (χ0) is 19.3. The van der Waals surface area contributed by atoms with E-state index in [1.165, 1.54) is 0 Å². The number of rotatable bonds is 5. The third-order valence-corrected chi connectivity index (χ3v) is 4.62. The smallest absolute Gasteiger partial charge is 0.321 e. The van der Waals surface area contributed by atoms with Crippen molar-refractivity contribution in [3.05, 3.63) is 29.8 Å². The molecular formula is C15H17F2N5O2S2. The highest BCUT2D eigenvalue weighted by Gasteiger charge is 2.16. The number of aromatic nitrogens is 2. The minimum absolute atomic E-state index is 0.0420. The normalized spacial score (nSPS) is 11.1. The maximum absolute atomic E-state index is 13.5. The van der Waals surface area contributed by atoms with Gasteiger partial charge in [0.1, 0.15) is 11.6 Å². The molecule has 0 aliphatic heterocycles. The number of urea groups is 1. The number of nitrogens with one attached hydrogen (secondary N) is 3. The molecule has 0 aliphatic carbocycles. The fraction of sp³-hybridized carbons (Fsp3) is 0.333. The number of carbonyl (C=O) groups is 2. The van der Waals surface area contributed by atoms with Crippen LogP contribution in [0.25, 0.3) is 0 Å². The molecule has 2 aromatic rings. The van der Waals surface area contributed by atoms with Gasteiger partial charge in [-0.15, -0.1) is 10.2 Å². The number of carbonyl (C=O) groups excluding carboxylic acids is 2. The van der Waals surface area contributed by atoms with E-state index in [1.54, 1.807) is 0 Å². The van der Waals surface area contributed by atoms with Crippen LogP contribution in [-0.4, -0.2) is 33.4 Å². The van der Waals surface area contributed by atoms with Crippen LogP contribution in [0.5, 0.6) is 0 Å². The lowest BCUT2D eigenvalue weighted by atomic mass is 10.1. The third-order valence-electron chi connectivity index (χ3n) is 2.65. The first-order valence-electron chi connectivity index (χ1n) is 7.43. The predicted octanol–water partition coefficient (Wildman–Crippen LogP) is 3.47. The van der Waals surface area contributed by atoms with Gasteiger partial charge in [0.05, 0.1) is 11.4 Å². The summed E-state index contributed by atoms with van der Waals surface area (Å²) in [5.41, 5.74) is -0.490. The van der Waals surface area contributed by atoms with Gasteiger partial charge in [0.25, 0.3) is 0 Å². The van der Waals surface area contributed by atoms with Crippen LogP contribution in [-0.2, 0) is 4.79 Å². The fourth-order valence-electron chi connectivity index (χ4n) is 1.69. The van der Waals surface area contributed by atoms with Crippen molar-refractivity contribution < 1.29 is 18.4 Å². The number of thioether (sulfide) groups is 1. The zero-order valence-electron chi connectivity index (χ0n) is 14.2. The molecule has 1 aromatic heterocycles. The third kappa shape index (κ3) is 6.56. The Balaban J connectivity index is 1.83. The molecule has 140 valence electrons. The van der Waals surface area contributed by atoms with Crippen molar-refractivity contribution >= 4 is 45.9 Å². The van der Waals surface area contributed by atoms with Gasteiger partial charge < -0.3 is 10.6 Å². The summed E-state index contributed by atoms with van der Waals surface area (Å²) in [5.74, 6) is -2.09. The monoisotopic (exact) mass is 401 g/mol. The lowest BCUT2D eigenvalue weighted by molar-refractivity contribution is -0.113. The number of anilines is 2. The van der Waals surface area contributed by atoms with E-state index in [4.69, 9.17) is 0 Å². The zero-order valence-corrected chi connectivity index (χ0v) is 15.9. The standard InChI is InChI=1S/C15H17F2N5O2S2/c1-15(2,3)20-12(24)19-13-21-22-14(26-13)25-7-11(23)18-10-5-4-8(16)6-9(10)17/h4-6H,7H2,1-3H3,(H,18,23)(H2,19,20,21,24). The van der Waals surface area contributed by atoms with Crippen LogP contribution in [0.15, 0.2) is 22.5 Å². The second-order valence-corrected chi connectivity index (χ2v) is 8.36. The largest absolute Gasteiger partial charge is 0.333 e. The van der Waals surface area contributed by atoms with Gasteiger partial charge in [-0.2, -0.15) is 0 Å². The Bertz CT molecular complexity index is 808. The average molecular weight is 401 g/mol. The van der Waals surface area contributed by atoms with E-state index < -0.39 is 23.6 Å². The quantitative estimate of drug-likeness (QED) is 0.527. The highest BCUT2D eigenvalue weighted by molar-refractivity contribution is 8.01. The van der Waals surface area contributed by atoms with Gasteiger partial charge in [-0.3, -0.25) is 10.1 Å². The summed E-state index contributed by atoms with van der Waals surface area (Å²) >= 11 is 2.19. The number of benzene rings is 1. The van der Waals surface area contributed by atoms with Gasteiger partial charge in [0.15, 0.2) is 4.34 Å². The molecule has 0 bridgehead atoms. The summed E-state index contributed by atoms with van der Waals surface area (Å²) in [6.07, 6.45) is 0. The van der Waals surface area contributed by atoms with Gasteiger partial charge in [0.2, 0.25) is 11.0 Å². The molecule has 3 N–H and O–H groups in total. The van der Waals surface area contributed by atoms with Gasteiger partial charge in [0, 0.05) is 11.6 Å². The fourth-order valence-corrected chi connectivity index (χ4v) is 3.24. The lowest BCUT2D eigenvalue weighted by Gasteiger charge is -2.19. The van der Waals surface area contributed by atoms with Crippen molar-refractivity contribution in [2.75, 3.05) is 16.4 Å². The van der Waals surface area contributed by atoms with Crippen LogP contribution in [0.4, 0.5) is 24.4 Å². The van der Waals surface area contributed by atoms with E-state index in [9.17, 15) is 18.4 Å². The SMILES string of the molecule is CC(C)(C)NC(=O)Nc1nnc(SCC(=O)Nc2ccc(F)cc2F)s1. The molecule has 1 heterocycles. The number of hydrogen-bond donors (Lipinski definition) is 3. The first-order chi connectivity index (χ1) is 12.1. The Morgan fingerprint density at radius 1 is 1.19 bits per heavy atom. The molecule has 7 nitrogen and oxygen atoms in total. The Morgan fingerprint density at radius 3 is 2.58 bits per heavy atom. The van der Waals surface area contributed by atoms with Crippen LogP contribution in [0, 0.1) is 11.6 Å². The van der Waals surface area contributed by atoms with Crippen molar-refractivity contribution in [1.29, 1.82) is 0 Å². The summed E-state index contributed by atoms with van der Waals surface area (Å²) in [4.78, 5) is 23.6. The van der Waals surface area contributed by atoms with Crippen LogP contribution in [0.1, 0.15) is 20.8 Å². The van der Waals surface area contributed by atoms with Crippen LogP contribution < -0.4 is 16.0 Å². The first-order valence-corrected chi connectivity index (χ1v) is 9.23. The molecule has 1 aromatic carbocycles. The summed E-state index contributed by atoms with van der Waals surface area (Å²) in [5, 5.41) is 15.6. The molecule has 0 atom stereocenters. The second-order valence-electron chi connectivity index (χ2n) is 6.16. The predicted molar refractivity (Wildman–Crippen MR) is 97.5 cm³/mol. The molecular weight excluding hydrogens is 384 g/mol. The number of hydrogen-bond acceptors (Lipinski definition) is 6. The van der Waals surface area contributed by atoms with Crippen LogP contribution in [0.2, 0.25) is 0 Å². The molecule has 26 heavy (non-hydrogen) atoms. The van der Waals surface area contributed by atoms with E-state index in [0.29, 0.717) is 15.5 Å². The molecule has 0 saturated heterocycles. The molecule has 0 saturated carbocycles. The Kier molecular flexibility index (Phi) is 6.48. The van der Waals surface area contributed by atoms with Crippen molar-refractivity contribution in [2.45, 2.75) is 30.6 Å². The summed E-state index contributed by atoms with van der Waals surface area (Å²) in [6.45, 7) is 5.53. The summed E-state index contributed by atoms with van der Waals surface area (Å²) in [6, 6.07) is 2.48. The summed E-state index contributed by atoms with van der Waals surface area (Å²) in [7, 11) is 0. The summed E-state index contributed by atoms with van der Waals surface area (Å²) < 4.78 is 26.8. The highest BCUT2D eigenvalue weighted by Crippen LogP contribution is 2.25. The molecule has 0 radical (unpaired) electrons.